The molecule has 0 radical (unpaired) electrons. The molecule has 0 aromatic heterocycles. The largest absolute Gasteiger partial charge is 0.494 e. The number of allylic oxidation sites excluding steroid dienone is 2. The van der Waals surface area contributed by atoms with Crippen LogP contribution in [0.3, 0.4) is 0 Å². The molecule has 0 saturated heterocycles. The number of hydrogen-bond donors (Lipinski definition) is 0. The second-order valence-electron chi connectivity index (χ2n) is 5.12. The third kappa shape index (κ3) is 2.96. The van der Waals surface area contributed by atoms with E-state index in [-0.39, 0.29) is 13.1 Å². The highest BCUT2D eigenvalue weighted by Gasteiger charge is 2.25. The van der Waals surface area contributed by atoms with Gasteiger partial charge in [-0.2, -0.15) is 4.39 Å². The molecule has 1 aliphatic rings. The molecule has 0 spiro atoms. The summed E-state index contributed by atoms with van der Waals surface area (Å²) in [4.78, 5) is 0. The van der Waals surface area contributed by atoms with Gasteiger partial charge in [0.05, 0.1) is 7.11 Å². The zero-order valence-electron chi connectivity index (χ0n) is 11.5. The first kappa shape index (κ1) is 14.0. The predicted octanol–water partition coefficient (Wildman–Crippen LogP) is 5.07. The molecule has 1 nitrogen and oxygen atoms in total. The van der Waals surface area contributed by atoms with Gasteiger partial charge in [-0.05, 0) is 56.1 Å². The third-order valence-corrected chi connectivity index (χ3v) is 3.97. The summed E-state index contributed by atoms with van der Waals surface area (Å²) in [6.07, 6.45) is 8.19. The molecule has 1 saturated carbocycles. The lowest BCUT2D eigenvalue weighted by Gasteiger charge is -2.27. The number of hydrogen-bond acceptors (Lipinski definition) is 1. The van der Waals surface area contributed by atoms with Crippen LogP contribution >= 0.6 is 0 Å². The van der Waals surface area contributed by atoms with Crippen molar-refractivity contribution in [3.8, 4) is 5.75 Å². The van der Waals surface area contributed by atoms with Crippen LogP contribution < -0.4 is 4.74 Å². The number of benzene rings is 1. The molecule has 1 aromatic rings. The SMILES string of the molecule is C/C=C/C1CCC(c2ccc(OC)c(F)c2F)CC1.[HH]. The van der Waals surface area contributed by atoms with Crippen molar-refractivity contribution in [1.82, 2.24) is 0 Å². The van der Waals surface area contributed by atoms with Gasteiger partial charge in [0.25, 0.3) is 0 Å². The molecule has 0 heterocycles. The molecule has 0 amide bonds. The fraction of sp³-hybridized carbons (Fsp3) is 0.500. The van der Waals surface area contributed by atoms with Gasteiger partial charge in [-0.3, -0.25) is 0 Å². The minimum absolute atomic E-state index is 0. The first-order valence-electron chi connectivity index (χ1n) is 6.82. The van der Waals surface area contributed by atoms with E-state index in [2.05, 4.69) is 12.2 Å². The zero-order valence-corrected chi connectivity index (χ0v) is 11.5. The first-order valence-corrected chi connectivity index (χ1v) is 6.82. The molecule has 19 heavy (non-hydrogen) atoms. The molecule has 3 heteroatoms. The van der Waals surface area contributed by atoms with Gasteiger partial charge in [0.2, 0.25) is 5.82 Å². The van der Waals surface area contributed by atoms with Gasteiger partial charge in [-0.25, -0.2) is 4.39 Å². The van der Waals surface area contributed by atoms with Crippen LogP contribution in [0, 0.1) is 17.6 Å². The Balaban J connectivity index is 0.00000200. The van der Waals surface area contributed by atoms with E-state index in [9.17, 15) is 8.78 Å². The van der Waals surface area contributed by atoms with E-state index in [1.165, 1.54) is 13.2 Å². The van der Waals surface area contributed by atoms with Gasteiger partial charge in [-0.1, -0.05) is 18.2 Å². The average molecular weight is 268 g/mol. The second-order valence-corrected chi connectivity index (χ2v) is 5.12. The highest BCUT2D eigenvalue weighted by atomic mass is 19.2. The lowest BCUT2D eigenvalue weighted by atomic mass is 9.78. The Morgan fingerprint density at radius 3 is 2.42 bits per heavy atom. The molecule has 2 rings (SSSR count). The maximum Gasteiger partial charge on any atom is 0.200 e. The summed E-state index contributed by atoms with van der Waals surface area (Å²) in [5.41, 5.74) is 0.497. The maximum absolute atomic E-state index is 14.0. The van der Waals surface area contributed by atoms with Crippen molar-refractivity contribution < 1.29 is 14.9 Å². The van der Waals surface area contributed by atoms with Crippen molar-refractivity contribution in [1.29, 1.82) is 0 Å². The number of methoxy groups -OCH3 is 1. The van der Waals surface area contributed by atoms with Crippen LogP contribution in [0.1, 0.15) is 45.5 Å². The van der Waals surface area contributed by atoms with Crippen molar-refractivity contribution in [2.45, 2.75) is 38.5 Å². The van der Waals surface area contributed by atoms with Crippen molar-refractivity contribution in [3.63, 3.8) is 0 Å². The molecular weight excluding hydrogens is 246 g/mol. The smallest absolute Gasteiger partial charge is 0.200 e. The number of halogens is 2. The normalized spacial score (nSPS) is 23.8. The molecule has 1 aromatic carbocycles. The Morgan fingerprint density at radius 2 is 1.84 bits per heavy atom. The molecule has 1 fully saturated rings. The molecule has 0 atom stereocenters. The zero-order chi connectivity index (χ0) is 13.8. The van der Waals surface area contributed by atoms with Crippen LogP contribution in [0.2, 0.25) is 0 Å². The van der Waals surface area contributed by atoms with Crippen LogP contribution in [0.5, 0.6) is 5.75 Å². The van der Waals surface area contributed by atoms with Crippen LogP contribution in [0.4, 0.5) is 8.78 Å². The third-order valence-electron chi connectivity index (χ3n) is 3.97. The van der Waals surface area contributed by atoms with Crippen molar-refractivity contribution in [2.24, 2.45) is 5.92 Å². The van der Waals surface area contributed by atoms with E-state index in [1.54, 1.807) is 6.07 Å². The van der Waals surface area contributed by atoms with E-state index in [4.69, 9.17) is 4.74 Å². The summed E-state index contributed by atoms with van der Waals surface area (Å²) in [7, 11) is 1.35. The Bertz CT molecular complexity index is 466. The quantitative estimate of drug-likeness (QED) is 0.695. The van der Waals surface area contributed by atoms with Crippen LogP contribution in [0.25, 0.3) is 0 Å². The van der Waals surface area contributed by atoms with E-state index in [0.717, 1.165) is 25.7 Å². The van der Waals surface area contributed by atoms with Crippen LogP contribution in [0.15, 0.2) is 24.3 Å². The summed E-state index contributed by atoms with van der Waals surface area (Å²) >= 11 is 0. The fourth-order valence-electron chi connectivity index (χ4n) is 2.91. The minimum atomic E-state index is -0.865. The topological polar surface area (TPSA) is 9.23 Å². The van der Waals surface area contributed by atoms with Gasteiger partial charge in [0.1, 0.15) is 0 Å². The molecular formula is C16H22F2O. The molecule has 0 bridgehead atoms. The van der Waals surface area contributed by atoms with Crippen LogP contribution in [-0.2, 0) is 0 Å². The fourth-order valence-corrected chi connectivity index (χ4v) is 2.91. The van der Waals surface area contributed by atoms with E-state index in [0.29, 0.717) is 11.5 Å². The highest BCUT2D eigenvalue weighted by molar-refractivity contribution is 5.33. The van der Waals surface area contributed by atoms with Crippen LogP contribution in [-0.4, -0.2) is 7.11 Å². The van der Waals surface area contributed by atoms with E-state index < -0.39 is 11.6 Å². The summed E-state index contributed by atoms with van der Waals surface area (Å²) in [6, 6.07) is 3.18. The lowest BCUT2D eigenvalue weighted by molar-refractivity contribution is 0.349. The monoisotopic (exact) mass is 268 g/mol. The predicted molar refractivity (Wildman–Crippen MR) is 74.5 cm³/mol. The van der Waals surface area contributed by atoms with E-state index >= 15 is 0 Å². The van der Waals surface area contributed by atoms with Gasteiger partial charge in [-0.15, -0.1) is 0 Å². The molecule has 0 N–H and O–H groups in total. The van der Waals surface area contributed by atoms with Crippen molar-refractivity contribution in [3.05, 3.63) is 41.5 Å². The molecule has 106 valence electrons. The summed E-state index contributed by atoms with van der Waals surface area (Å²) in [5, 5.41) is 0. The Hall–Kier alpha value is -1.38. The van der Waals surface area contributed by atoms with Gasteiger partial charge < -0.3 is 4.74 Å². The van der Waals surface area contributed by atoms with Gasteiger partial charge >= 0.3 is 0 Å². The Morgan fingerprint density at radius 1 is 1.16 bits per heavy atom. The summed E-state index contributed by atoms with van der Waals surface area (Å²) < 4.78 is 32.5. The number of ether oxygens (including phenoxy) is 1. The summed E-state index contributed by atoms with van der Waals surface area (Å²) in [5.74, 6) is -0.914. The maximum atomic E-state index is 14.0. The second kappa shape index (κ2) is 6.18. The van der Waals surface area contributed by atoms with Gasteiger partial charge in [0.15, 0.2) is 11.6 Å². The summed E-state index contributed by atoms with van der Waals surface area (Å²) in [6.45, 7) is 2.02. The van der Waals surface area contributed by atoms with Crippen molar-refractivity contribution >= 4 is 0 Å². The minimum Gasteiger partial charge on any atom is -0.494 e. The average Bonchev–Trinajstić information content (AvgIpc) is 2.43. The molecule has 1 aliphatic carbocycles. The number of rotatable bonds is 3. The standard InChI is InChI=1S/C16H20F2O.H2/c1-3-4-11-5-7-12(8-6-11)13-9-10-14(19-2)16(18)15(13)17;/h3-4,9-12H,5-8H2,1-2H3;1H/b4-3+;. The Kier molecular flexibility index (Phi) is 4.56. The molecule has 0 unspecified atom stereocenters. The molecule has 0 aliphatic heterocycles. The first-order chi connectivity index (χ1) is 9.17. The van der Waals surface area contributed by atoms with E-state index in [1.807, 2.05) is 6.92 Å². The lowest BCUT2D eigenvalue weighted by Crippen LogP contribution is -2.13. The van der Waals surface area contributed by atoms with Gasteiger partial charge in [0, 0.05) is 1.43 Å². The van der Waals surface area contributed by atoms with Crippen molar-refractivity contribution in [2.75, 3.05) is 7.11 Å². The highest BCUT2D eigenvalue weighted by Crippen LogP contribution is 2.38. The Labute approximate surface area is 114 Å².